The van der Waals surface area contributed by atoms with Crippen molar-refractivity contribution < 1.29 is 32.0 Å². The lowest BCUT2D eigenvalue weighted by molar-refractivity contribution is -0.275. The minimum absolute atomic E-state index is 0.0149. The molecule has 1 saturated heterocycles. The first-order valence-corrected chi connectivity index (χ1v) is 9.35. The van der Waals surface area contributed by atoms with Crippen LogP contribution in [-0.4, -0.2) is 24.7 Å². The van der Waals surface area contributed by atoms with Gasteiger partial charge in [0.25, 0.3) is 0 Å². The van der Waals surface area contributed by atoms with Crippen LogP contribution in [0.5, 0.6) is 11.5 Å². The Kier molecular flexibility index (Phi) is 5.62. The molecule has 1 atom stereocenters. The molecule has 0 bridgehead atoms. The number of alkyl halides is 3. The Morgan fingerprint density at radius 1 is 0.897 bits per heavy atom. The molecule has 1 fully saturated rings. The Bertz CT molecular complexity index is 837. The number of halogens is 3. The van der Waals surface area contributed by atoms with Gasteiger partial charge in [0.05, 0.1) is 11.2 Å². The minimum atomic E-state index is -4.86. The summed E-state index contributed by atoms with van der Waals surface area (Å²) in [5.41, 5.74) is 0.0301. The molecule has 4 nitrogen and oxygen atoms in total. The summed E-state index contributed by atoms with van der Waals surface area (Å²) in [5, 5.41) is 0. The molecule has 0 N–H and O–H groups in total. The van der Waals surface area contributed by atoms with E-state index in [1.54, 1.807) is 13.0 Å². The number of rotatable bonds is 5. The van der Waals surface area contributed by atoms with Gasteiger partial charge in [0.2, 0.25) is 0 Å². The lowest BCUT2D eigenvalue weighted by Gasteiger charge is -2.32. The molecule has 2 aromatic rings. The largest absolute Gasteiger partial charge is 0.573 e. The highest BCUT2D eigenvalue weighted by Crippen LogP contribution is 2.38. The van der Waals surface area contributed by atoms with Crippen molar-refractivity contribution in [2.24, 2.45) is 0 Å². The SMILES string of the molecule is CC(Oc1ccc(B2OC(C)(C)C(C)(C)O2)cc1OC(F)(F)F)c1ccccc1. The molecule has 1 unspecified atom stereocenters. The lowest BCUT2D eigenvalue weighted by Crippen LogP contribution is -2.41. The number of ether oxygens (including phenoxy) is 2. The van der Waals surface area contributed by atoms with E-state index in [4.69, 9.17) is 14.0 Å². The van der Waals surface area contributed by atoms with Gasteiger partial charge in [-0.15, -0.1) is 13.2 Å². The van der Waals surface area contributed by atoms with Gasteiger partial charge in [-0.2, -0.15) is 0 Å². The highest BCUT2D eigenvalue weighted by Gasteiger charge is 2.52. The van der Waals surface area contributed by atoms with Gasteiger partial charge in [0, 0.05) is 0 Å². The van der Waals surface area contributed by atoms with Crippen molar-refractivity contribution in [1.29, 1.82) is 0 Å². The van der Waals surface area contributed by atoms with Crippen LogP contribution in [0.4, 0.5) is 13.2 Å². The molecular weight excluding hydrogens is 384 g/mol. The molecule has 0 spiro atoms. The summed E-state index contributed by atoms with van der Waals surface area (Å²) in [7, 11) is -0.809. The summed E-state index contributed by atoms with van der Waals surface area (Å²) in [4.78, 5) is 0. The van der Waals surface area contributed by atoms with Crippen LogP contribution in [-0.2, 0) is 9.31 Å². The first kappa shape index (κ1) is 21.5. The zero-order valence-electron chi connectivity index (χ0n) is 17.0. The smallest absolute Gasteiger partial charge is 0.482 e. The molecule has 0 aliphatic carbocycles. The van der Waals surface area contributed by atoms with E-state index in [0.29, 0.717) is 5.46 Å². The highest BCUT2D eigenvalue weighted by atomic mass is 19.4. The zero-order valence-corrected chi connectivity index (χ0v) is 17.0. The van der Waals surface area contributed by atoms with Crippen molar-refractivity contribution in [3.05, 3.63) is 54.1 Å². The normalized spacial score (nSPS) is 19.1. The highest BCUT2D eigenvalue weighted by molar-refractivity contribution is 6.62. The number of benzene rings is 2. The second kappa shape index (κ2) is 7.57. The third-order valence-corrected chi connectivity index (χ3v) is 5.29. The Morgan fingerprint density at radius 3 is 2.03 bits per heavy atom. The monoisotopic (exact) mass is 408 g/mol. The van der Waals surface area contributed by atoms with Gasteiger partial charge in [0.15, 0.2) is 11.5 Å². The van der Waals surface area contributed by atoms with E-state index in [2.05, 4.69) is 4.74 Å². The quantitative estimate of drug-likeness (QED) is 0.651. The average molecular weight is 408 g/mol. The van der Waals surface area contributed by atoms with Gasteiger partial charge in [-0.25, -0.2) is 0 Å². The van der Waals surface area contributed by atoms with Gasteiger partial charge in [-0.3, -0.25) is 0 Å². The predicted octanol–water partition coefficient (Wildman–Crippen LogP) is 5.02. The molecule has 3 rings (SSSR count). The fourth-order valence-corrected chi connectivity index (χ4v) is 2.93. The molecular formula is C21H24BF3O4. The standard InChI is InChI=1S/C21H24BF3O4/c1-14(15-9-7-6-8-10-15)26-17-12-11-16(13-18(17)27-21(23,24)25)22-28-19(2,3)20(4,5)29-22/h6-14H,1-5H3. The Balaban J connectivity index is 1.90. The molecule has 0 saturated carbocycles. The maximum Gasteiger partial charge on any atom is 0.573 e. The third-order valence-electron chi connectivity index (χ3n) is 5.29. The first-order valence-electron chi connectivity index (χ1n) is 9.35. The third kappa shape index (κ3) is 4.87. The maximum absolute atomic E-state index is 13.0. The lowest BCUT2D eigenvalue weighted by atomic mass is 9.79. The summed E-state index contributed by atoms with van der Waals surface area (Å²) < 4.78 is 60.8. The van der Waals surface area contributed by atoms with Crippen molar-refractivity contribution in [1.82, 2.24) is 0 Å². The van der Waals surface area contributed by atoms with Crippen LogP contribution in [0.3, 0.4) is 0 Å². The first-order chi connectivity index (χ1) is 13.4. The van der Waals surface area contributed by atoms with Gasteiger partial charge in [-0.05, 0) is 57.8 Å². The molecule has 8 heteroatoms. The summed E-state index contributed by atoms with van der Waals surface area (Å²) in [6, 6.07) is 13.5. The van der Waals surface area contributed by atoms with E-state index in [1.165, 1.54) is 12.1 Å². The Labute approximate surface area is 169 Å². The van der Waals surface area contributed by atoms with Crippen LogP contribution < -0.4 is 14.9 Å². The molecule has 0 amide bonds. The van der Waals surface area contributed by atoms with Crippen LogP contribution in [0.15, 0.2) is 48.5 Å². The van der Waals surface area contributed by atoms with Gasteiger partial charge in [-0.1, -0.05) is 36.4 Å². The van der Waals surface area contributed by atoms with Gasteiger partial charge in [0.1, 0.15) is 6.10 Å². The topological polar surface area (TPSA) is 36.9 Å². The minimum Gasteiger partial charge on any atom is -0.482 e. The van der Waals surface area contributed by atoms with Crippen molar-refractivity contribution >= 4 is 12.6 Å². The fraction of sp³-hybridized carbons (Fsp3) is 0.429. The van der Waals surface area contributed by atoms with Crippen LogP contribution in [0.1, 0.15) is 46.3 Å². The number of hydrogen-bond acceptors (Lipinski definition) is 4. The van der Waals surface area contributed by atoms with Gasteiger partial charge >= 0.3 is 13.5 Å². The molecule has 29 heavy (non-hydrogen) atoms. The van der Waals surface area contributed by atoms with Crippen molar-refractivity contribution in [3.63, 3.8) is 0 Å². The number of hydrogen-bond donors (Lipinski definition) is 0. The van der Waals surface area contributed by atoms with Crippen LogP contribution >= 0.6 is 0 Å². The van der Waals surface area contributed by atoms with Crippen LogP contribution in [0, 0.1) is 0 Å². The van der Waals surface area contributed by atoms with E-state index < -0.39 is 36.5 Å². The van der Waals surface area contributed by atoms with E-state index in [1.807, 2.05) is 58.0 Å². The van der Waals surface area contributed by atoms with Crippen LogP contribution in [0.25, 0.3) is 0 Å². The Morgan fingerprint density at radius 2 is 1.48 bits per heavy atom. The van der Waals surface area contributed by atoms with E-state index in [0.717, 1.165) is 5.56 Å². The summed E-state index contributed by atoms with van der Waals surface area (Å²) >= 11 is 0. The molecule has 2 aromatic carbocycles. The fourth-order valence-electron chi connectivity index (χ4n) is 2.93. The van der Waals surface area contributed by atoms with E-state index in [9.17, 15) is 13.2 Å². The molecule has 1 heterocycles. The average Bonchev–Trinajstić information content (AvgIpc) is 2.83. The predicted molar refractivity (Wildman–Crippen MR) is 104 cm³/mol. The molecule has 1 aliphatic heterocycles. The second-order valence-corrected chi connectivity index (χ2v) is 8.01. The van der Waals surface area contributed by atoms with Gasteiger partial charge < -0.3 is 18.8 Å². The van der Waals surface area contributed by atoms with E-state index >= 15 is 0 Å². The summed E-state index contributed by atoms with van der Waals surface area (Å²) in [6.07, 6.45) is -5.32. The molecule has 0 radical (unpaired) electrons. The molecule has 1 aliphatic rings. The summed E-state index contributed by atoms with van der Waals surface area (Å²) in [6.45, 7) is 9.26. The van der Waals surface area contributed by atoms with Crippen molar-refractivity contribution in [2.45, 2.75) is 58.3 Å². The maximum atomic E-state index is 13.0. The van der Waals surface area contributed by atoms with Crippen molar-refractivity contribution in [2.75, 3.05) is 0 Å². The molecule has 156 valence electrons. The van der Waals surface area contributed by atoms with Crippen molar-refractivity contribution in [3.8, 4) is 11.5 Å². The zero-order chi connectivity index (χ0) is 21.4. The second-order valence-electron chi connectivity index (χ2n) is 8.01. The Hall–Kier alpha value is -2.19. The molecule has 0 aromatic heterocycles. The summed E-state index contributed by atoms with van der Waals surface area (Å²) in [5.74, 6) is -0.452. The van der Waals surface area contributed by atoms with E-state index in [-0.39, 0.29) is 5.75 Å². The van der Waals surface area contributed by atoms with Crippen LogP contribution in [0.2, 0.25) is 0 Å².